The van der Waals surface area contributed by atoms with Gasteiger partial charge in [0.25, 0.3) is 0 Å². The molecule has 0 aliphatic carbocycles. The maximum absolute atomic E-state index is 6.18. The summed E-state index contributed by atoms with van der Waals surface area (Å²) in [6.45, 7) is 0. The first kappa shape index (κ1) is 12.6. The Morgan fingerprint density at radius 1 is 0.824 bits per heavy atom. The average Bonchev–Trinajstić information content (AvgIpc) is 2.32. The largest absolute Gasteiger partial charge is 0.388 e. The first-order chi connectivity index (χ1) is 8.11. The van der Waals surface area contributed by atoms with E-state index in [1.54, 1.807) is 12.1 Å². The molecule has 0 unspecified atom stereocenters. The molecule has 0 saturated heterocycles. The predicted octanol–water partition coefficient (Wildman–Crippen LogP) is 5.36. The number of hydrogen-bond donors (Lipinski definition) is 1. The Kier molecular flexibility index (Phi) is 3.82. The van der Waals surface area contributed by atoms with Crippen LogP contribution in [0.5, 0.6) is 0 Å². The number of rotatable bonds is 2. The molecule has 1 N–H and O–H groups in total. The Bertz CT molecular complexity index is 552. The lowest BCUT2D eigenvalue weighted by Gasteiger charge is -2.11. The lowest BCUT2D eigenvalue weighted by molar-refractivity contribution is 1.50. The van der Waals surface area contributed by atoms with E-state index in [2.05, 4.69) is 5.32 Å². The van der Waals surface area contributed by atoms with Gasteiger partial charge in [-0.1, -0.05) is 34.8 Å². The van der Waals surface area contributed by atoms with Gasteiger partial charge in [0.15, 0.2) is 0 Å². The molecule has 0 amide bonds. The standard InChI is InChI=1S/C13H10Cl3N/c1-17-13-5-3-9(15)7-11(13)10-6-8(14)2-4-12(10)16/h2-7,17H,1H3. The highest BCUT2D eigenvalue weighted by Crippen LogP contribution is 2.36. The first-order valence-corrected chi connectivity index (χ1v) is 6.18. The Morgan fingerprint density at radius 2 is 1.41 bits per heavy atom. The van der Waals surface area contributed by atoms with Crippen molar-refractivity contribution in [2.45, 2.75) is 0 Å². The summed E-state index contributed by atoms with van der Waals surface area (Å²) in [5.74, 6) is 0. The van der Waals surface area contributed by atoms with Crippen molar-refractivity contribution in [3.05, 3.63) is 51.5 Å². The Morgan fingerprint density at radius 3 is 2.06 bits per heavy atom. The monoisotopic (exact) mass is 285 g/mol. The summed E-state index contributed by atoms with van der Waals surface area (Å²) in [6.07, 6.45) is 0. The van der Waals surface area contributed by atoms with Crippen LogP contribution in [0.3, 0.4) is 0 Å². The third-order valence-electron chi connectivity index (χ3n) is 2.47. The van der Waals surface area contributed by atoms with E-state index in [4.69, 9.17) is 34.8 Å². The van der Waals surface area contributed by atoms with Crippen LogP contribution in [0.1, 0.15) is 0 Å². The van der Waals surface area contributed by atoms with E-state index in [1.165, 1.54) is 0 Å². The van der Waals surface area contributed by atoms with Crippen LogP contribution >= 0.6 is 34.8 Å². The van der Waals surface area contributed by atoms with Gasteiger partial charge < -0.3 is 5.32 Å². The summed E-state index contributed by atoms with van der Waals surface area (Å²) < 4.78 is 0. The molecule has 2 rings (SSSR count). The van der Waals surface area contributed by atoms with Crippen molar-refractivity contribution in [1.29, 1.82) is 0 Å². The molecular weight excluding hydrogens is 277 g/mol. The summed E-state index contributed by atoms with van der Waals surface area (Å²) in [5, 5.41) is 5.06. The Hall–Kier alpha value is -0.890. The van der Waals surface area contributed by atoms with Crippen molar-refractivity contribution in [3.8, 4) is 11.1 Å². The van der Waals surface area contributed by atoms with Crippen LogP contribution in [0.15, 0.2) is 36.4 Å². The highest BCUT2D eigenvalue weighted by Gasteiger charge is 2.09. The molecule has 0 radical (unpaired) electrons. The van der Waals surface area contributed by atoms with Gasteiger partial charge in [0.2, 0.25) is 0 Å². The lowest BCUT2D eigenvalue weighted by Crippen LogP contribution is -1.92. The summed E-state index contributed by atoms with van der Waals surface area (Å²) >= 11 is 18.2. The fraction of sp³-hybridized carbons (Fsp3) is 0.0769. The number of anilines is 1. The molecular formula is C13H10Cl3N. The molecule has 88 valence electrons. The van der Waals surface area contributed by atoms with Gasteiger partial charge in [-0.05, 0) is 36.4 Å². The minimum Gasteiger partial charge on any atom is -0.388 e. The minimum atomic E-state index is 0.645. The summed E-state index contributed by atoms with van der Waals surface area (Å²) in [7, 11) is 1.85. The summed E-state index contributed by atoms with van der Waals surface area (Å²) in [5.41, 5.74) is 2.76. The quantitative estimate of drug-likeness (QED) is 0.784. The zero-order chi connectivity index (χ0) is 12.4. The van der Waals surface area contributed by atoms with E-state index in [-0.39, 0.29) is 0 Å². The molecule has 0 heterocycles. The van der Waals surface area contributed by atoms with Gasteiger partial charge in [0, 0.05) is 38.9 Å². The van der Waals surface area contributed by atoms with Crippen molar-refractivity contribution in [2.24, 2.45) is 0 Å². The smallest absolute Gasteiger partial charge is 0.0486 e. The van der Waals surface area contributed by atoms with Crippen LogP contribution in [-0.2, 0) is 0 Å². The van der Waals surface area contributed by atoms with Gasteiger partial charge in [-0.25, -0.2) is 0 Å². The lowest BCUT2D eigenvalue weighted by atomic mass is 10.0. The van der Waals surface area contributed by atoms with E-state index < -0.39 is 0 Å². The second-order valence-electron chi connectivity index (χ2n) is 3.56. The van der Waals surface area contributed by atoms with Crippen LogP contribution in [0, 0.1) is 0 Å². The van der Waals surface area contributed by atoms with Crippen LogP contribution in [0.4, 0.5) is 5.69 Å². The third-order valence-corrected chi connectivity index (χ3v) is 3.27. The molecule has 0 bridgehead atoms. The molecule has 0 atom stereocenters. The van der Waals surface area contributed by atoms with E-state index in [0.29, 0.717) is 15.1 Å². The molecule has 0 aliphatic heterocycles. The molecule has 4 heteroatoms. The van der Waals surface area contributed by atoms with Crippen LogP contribution in [0.2, 0.25) is 15.1 Å². The van der Waals surface area contributed by atoms with Gasteiger partial charge in [-0.2, -0.15) is 0 Å². The van der Waals surface area contributed by atoms with Crippen molar-refractivity contribution >= 4 is 40.5 Å². The van der Waals surface area contributed by atoms with E-state index in [1.807, 2.05) is 31.3 Å². The highest BCUT2D eigenvalue weighted by atomic mass is 35.5. The van der Waals surface area contributed by atoms with E-state index >= 15 is 0 Å². The van der Waals surface area contributed by atoms with Crippen LogP contribution in [-0.4, -0.2) is 7.05 Å². The maximum atomic E-state index is 6.18. The number of benzene rings is 2. The molecule has 0 saturated carbocycles. The molecule has 2 aromatic rings. The van der Waals surface area contributed by atoms with E-state index in [9.17, 15) is 0 Å². The predicted molar refractivity (Wildman–Crippen MR) is 76.5 cm³/mol. The molecule has 0 aromatic heterocycles. The van der Waals surface area contributed by atoms with Crippen molar-refractivity contribution in [2.75, 3.05) is 12.4 Å². The molecule has 17 heavy (non-hydrogen) atoms. The van der Waals surface area contributed by atoms with Gasteiger partial charge in [-0.3, -0.25) is 0 Å². The molecule has 0 aliphatic rings. The van der Waals surface area contributed by atoms with E-state index in [0.717, 1.165) is 16.8 Å². The molecule has 1 nitrogen and oxygen atoms in total. The summed E-state index contributed by atoms with van der Waals surface area (Å²) in [4.78, 5) is 0. The van der Waals surface area contributed by atoms with Crippen molar-refractivity contribution < 1.29 is 0 Å². The maximum Gasteiger partial charge on any atom is 0.0486 e. The first-order valence-electron chi connectivity index (χ1n) is 5.04. The van der Waals surface area contributed by atoms with Crippen LogP contribution < -0.4 is 5.32 Å². The zero-order valence-corrected chi connectivity index (χ0v) is 11.4. The highest BCUT2D eigenvalue weighted by molar-refractivity contribution is 6.36. The molecule has 2 aromatic carbocycles. The topological polar surface area (TPSA) is 12.0 Å². The number of halogens is 3. The van der Waals surface area contributed by atoms with Gasteiger partial charge in [0.1, 0.15) is 0 Å². The average molecular weight is 287 g/mol. The van der Waals surface area contributed by atoms with Crippen molar-refractivity contribution in [3.63, 3.8) is 0 Å². The third kappa shape index (κ3) is 2.68. The molecule has 0 spiro atoms. The van der Waals surface area contributed by atoms with Gasteiger partial charge in [-0.15, -0.1) is 0 Å². The van der Waals surface area contributed by atoms with Gasteiger partial charge >= 0.3 is 0 Å². The number of nitrogens with one attached hydrogen (secondary N) is 1. The fourth-order valence-electron chi connectivity index (χ4n) is 1.66. The minimum absolute atomic E-state index is 0.645. The second kappa shape index (κ2) is 5.18. The van der Waals surface area contributed by atoms with Crippen LogP contribution in [0.25, 0.3) is 11.1 Å². The fourth-order valence-corrected chi connectivity index (χ4v) is 2.22. The Labute approximate surface area is 115 Å². The molecule has 0 fully saturated rings. The Balaban J connectivity index is 2.66. The summed E-state index contributed by atoms with van der Waals surface area (Å²) in [6, 6.07) is 11.0. The SMILES string of the molecule is CNc1ccc(Cl)cc1-c1cc(Cl)ccc1Cl. The zero-order valence-electron chi connectivity index (χ0n) is 9.10. The normalized spacial score (nSPS) is 10.4. The van der Waals surface area contributed by atoms with Crippen molar-refractivity contribution in [1.82, 2.24) is 0 Å². The van der Waals surface area contributed by atoms with Gasteiger partial charge in [0.05, 0.1) is 0 Å². The number of hydrogen-bond acceptors (Lipinski definition) is 1. The second-order valence-corrected chi connectivity index (χ2v) is 4.84.